The Kier molecular flexibility index (Phi) is 6.35. The van der Waals surface area contributed by atoms with Crippen LogP contribution >= 0.6 is 11.8 Å². The number of thioether (sulfide) groups is 1. The molecular weight excluding hydrogens is 250 g/mol. The summed E-state index contributed by atoms with van der Waals surface area (Å²) in [4.78, 5) is 10.7. The number of aliphatic hydroxyl groups is 2. The van der Waals surface area contributed by atoms with Crippen LogP contribution in [-0.2, 0) is 11.3 Å². The lowest BCUT2D eigenvalue weighted by Gasteiger charge is -2.18. The molecule has 0 radical (unpaired) electrons. The fourth-order valence-electron chi connectivity index (χ4n) is 1.55. The normalized spacial score (nSPS) is 14.2. The van der Waals surface area contributed by atoms with Crippen molar-refractivity contribution in [1.82, 2.24) is 0 Å². The van der Waals surface area contributed by atoms with E-state index in [9.17, 15) is 15.0 Å². The molecule has 100 valence electrons. The van der Waals surface area contributed by atoms with Gasteiger partial charge in [-0.1, -0.05) is 36.0 Å². The second kappa shape index (κ2) is 7.53. The predicted octanol–water partition coefficient (Wildman–Crippen LogP) is 1.21. The van der Waals surface area contributed by atoms with Gasteiger partial charge in [0.15, 0.2) is 5.12 Å². The van der Waals surface area contributed by atoms with E-state index in [2.05, 4.69) is 0 Å². The Bertz CT molecular complexity index is 380. The van der Waals surface area contributed by atoms with Gasteiger partial charge >= 0.3 is 0 Å². The number of nitrogens with two attached hydrogens (primary N) is 1. The number of rotatable bonds is 6. The van der Waals surface area contributed by atoms with E-state index < -0.39 is 12.2 Å². The monoisotopic (exact) mass is 269 g/mol. The van der Waals surface area contributed by atoms with E-state index in [1.54, 1.807) is 12.1 Å². The second-order valence-electron chi connectivity index (χ2n) is 4.09. The summed E-state index contributed by atoms with van der Waals surface area (Å²) in [5, 5.41) is 19.8. The molecular formula is C13H19NO3S. The number of carbonyl (C=O) groups is 1. The molecule has 0 aromatic heterocycles. The minimum Gasteiger partial charge on any atom is -0.390 e. The van der Waals surface area contributed by atoms with Crippen LogP contribution < -0.4 is 5.73 Å². The maximum absolute atomic E-state index is 10.7. The highest BCUT2D eigenvalue weighted by atomic mass is 32.2. The molecule has 0 bridgehead atoms. The average Bonchev–Trinajstić information content (AvgIpc) is 2.37. The molecule has 0 aliphatic carbocycles. The van der Waals surface area contributed by atoms with E-state index in [1.807, 2.05) is 12.1 Å². The summed E-state index contributed by atoms with van der Waals surface area (Å²) < 4.78 is 0. The van der Waals surface area contributed by atoms with Crippen molar-refractivity contribution >= 4 is 16.9 Å². The molecule has 4 N–H and O–H groups in total. The maximum Gasteiger partial charge on any atom is 0.185 e. The smallest absolute Gasteiger partial charge is 0.185 e. The summed E-state index contributed by atoms with van der Waals surface area (Å²) in [6.45, 7) is 1.94. The van der Waals surface area contributed by atoms with Crippen LogP contribution in [0, 0.1) is 0 Å². The van der Waals surface area contributed by atoms with E-state index >= 15 is 0 Å². The molecule has 0 aliphatic rings. The molecule has 4 nitrogen and oxygen atoms in total. The SMILES string of the molecule is CC(=O)SCCC(O)C(O)c1ccc(CN)cc1. The molecule has 1 aromatic carbocycles. The van der Waals surface area contributed by atoms with Crippen molar-refractivity contribution in [1.29, 1.82) is 0 Å². The average molecular weight is 269 g/mol. The van der Waals surface area contributed by atoms with Crippen molar-refractivity contribution in [2.45, 2.75) is 32.1 Å². The first-order valence-electron chi connectivity index (χ1n) is 5.83. The van der Waals surface area contributed by atoms with Crippen molar-refractivity contribution in [3.8, 4) is 0 Å². The Morgan fingerprint density at radius 3 is 2.44 bits per heavy atom. The molecule has 18 heavy (non-hydrogen) atoms. The van der Waals surface area contributed by atoms with Crippen molar-refractivity contribution in [3.63, 3.8) is 0 Å². The molecule has 0 saturated heterocycles. The maximum atomic E-state index is 10.7. The summed E-state index contributed by atoms with van der Waals surface area (Å²) in [5.74, 6) is 0.508. The number of aliphatic hydroxyl groups excluding tert-OH is 2. The van der Waals surface area contributed by atoms with Gasteiger partial charge in [0.1, 0.15) is 6.10 Å². The predicted molar refractivity (Wildman–Crippen MR) is 73.1 cm³/mol. The Morgan fingerprint density at radius 1 is 1.33 bits per heavy atom. The van der Waals surface area contributed by atoms with E-state index in [1.165, 1.54) is 6.92 Å². The van der Waals surface area contributed by atoms with Crippen molar-refractivity contribution < 1.29 is 15.0 Å². The molecule has 0 fully saturated rings. The van der Waals surface area contributed by atoms with Crippen molar-refractivity contribution in [3.05, 3.63) is 35.4 Å². The summed E-state index contributed by atoms with van der Waals surface area (Å²) in [7, 11) is 0. The van der Waals surface area contributed by atoms with Gasteiger partial charge in [-0.2, -0.15) is 0 Å². The Morgan fingerprint density at radius 2 is 1.94 bits per heavy atom. The standard InChI is InChI=1S/C13H19NO3S/c1-9(15)18-7-6-12(16)13(17)11-4-2-10(8-14)3-5-11/h2-5,12-13,16-17H,6-8,14H2,1H3. The van der Waals surface area contributed by atoms with E-state index in [4.69, 9.17) is 5.73 Å². The summed E-state index contributed by atoms with van der Waals surface area (Å²) in [6, 6.07) is 7.17. The molecule has 0 aliphatic heterocycles. The van der Waals surface area contributed by atoms with Gasteiger partial charge in [0, 0.05) is 19.2 Å². The first kappa shape index (κ1) is 15.2. The molecule has 2 unspecified atom stereocenters. The zero-order chi connectivity index (χ0) is 13.5. The van der Waals surface area contributed by atoms with Crippen LogP contribution in [-0.4, -0.2) is 27.2 Å². The van der Waals surface area contributed by atoms with Crippen LogP contribution in [0.25, 0.3) is 0 Å². The van der Waals surface area contributed by atoms with Crippen LogP contribution in [0.1, 0.15) is 30.6 Å². The van der Waals surface area contributed by atoms with Gasteiger partial charge in [-0.15, -0.1) is 0 Å². The highest BCUT2D eigenvalue weighted by Gasteiger charge is 2.18. The highest BCUT2D eigenvalue weighted by molar-refractivity contribution is 8.13. The largest absolute Gasteiger partial charge is 0.390 e. The number of benzene rings is 1. The summed E-state index contributed by atoms with van der Waals surface area (Å²) in [5.41, 5.74) is 7.12. The first-order valence-corrected chi connectivity index (χ1v) is 6.81. The molecule has 0 spiro atoms. The number of hydrogen-bond donors (Lipinski definition) is 3. The van der Waals surface area contributed by atoms with E-state index in [0.29, 0.717) is 24.3 Å². The fourth-order valence-corrected chi connectivity index (χ4v) is 2.20. The lowest BCUT2D eigenvalue weighted by atomic mass is 10.0. The van der Waals surface area contributed by atoms with Crippen LogP contribution in [0.5, 0.6) is 0 Å². The molecule has 0 amide bonds. The topological polar surface area (TPSA) is 83.5 Å². The summed E-state index contributed by atoms with van der Waals surface area (Å²) in [6.07, 6.45) is -1.41. The van der Waals surface area contributed by atoms with Crippen LogP contribution in [0.2, 0.25) is 0 Å². The van der Waals surface area contributed by atoms with Crippen molar-refractivity contribution in [2.24, 2.45) is 5.73 Å². The molecule has 1 aromatic rings. The summed E-state index contributed by atoms with van der Waals surface area (Å²) >= 11 is 1.15. The van der Waals surface area contributed by atoms with Crippen LogP contribution in [0.15, 0.2) is 24.3 Å². The zero-order valence-electron chi connectivity index (χ0n) is 10.4. The Labute approximate surface area is 111 Å². The van der Waals surface area contributed by atoms with Crippen LogP contribution in [0.3, 0.4) is 0 Å². The van der Waals surface area contributed by atoms with Gasteiger partial charge < -0.3 is 15.9 Å². The van der Waals surface area contributed by atoms with Gasteiger partial charge in [-0.25, -0.2) is 0 Å². The fraction of sp³-hybridized carbons (Fsp3) is 0.462. The number of carbonyl (C=O) groups excluding carboxylic acids is 1. The lowest BCUT2D eigenvalue weighted by molar-refractivity contribution is -0.109. The minimum atomic E-state index is -0.926. The molecule has 5 heteroatoms. The zero-order valence-corrected chi connectivity index (χ0v) is 11.2. The first-order chi connectivity index (χ1) is 8.54. The third-order valence-corrected chi connectivity index (χ3v) is 3.49. The lowest BCUT2D eigenvalue weighted by Crippen LogP contribution is -2.19. The highest BCUT2D eigenvalue weighted by Crippen LogP contribution is 2.20. The van der Waals surface area contributed by atoms with Crippen molar-refractivity contribution in [2.75, 3.05) is 5.75 Å². The van der Waals surface area contributed by atoms with Gasteiger partial charge in [0.2, 0.25) is 0 Å². The van der Waals surface area contributed by atoms with Gasteiger partial charge in [-0.05, 0) is 17.5 Å². The van der Waals surface area contributed by atoms with Gasteiger partial charge in [-0.3, -0.25) is 4.79 Å². The quantitative estimate of drug-likeness (QED) is 0.723. The Balaban J connectivity index is 2.51. The van der Waals surface area contributed by atoms with E-state index in [0.717, 1.165) is 17.3 Å². The molecule has 1 rings (SSSR count). The molecule has 0 heterocycles. The minimum absolute atomic E-state index is 0.0176. The molecule has 0 saturated carbocycles. The Hall–Kier alpha value is -0.880. The molecule has 2 atom stereocenters. The third-order valence-electron chi connectivity index (χ3n) is 2.64. The second-order valence-corrected chi connectivity index (χ2v) is 5.36. The van der Waals surface area contributed by atoms with E-state index in [-0.39, 0.29) is 5.12 Å². The van der Waals surface area contributed by atoms with Crippen LogP contribution in [0.4, 0.5) is 0 Å². The number of hydrogen-bond acceptors (Lipinski definition) is 5. The third kappa shape index (κ3) is 4.78. The van der Waals surface area contributed by atoms with Gasteiger partial charge in [0.25, 0.3) is 0 Å². The van der Waals surface area contributed by atoms with Gasteiger partial charge in [0.05, 0.1) is 6.10 Å².